The molecular weight excluding hydrogens is 207 g/mol. The summed E-state index contributed by atoms with van der Waals surface area (Å²) in [5.41, 5.74) is 0. The van der Waals surface area contributed by atoms with Crippen LogP contribution in [0.4, 0.5) is 0 Å². The monoisotopic (exact) mass is 226 g/mol. The van der Waals surface area contributed by atoms with E-state index in [2.05, 4.69) is 23.9 Å². The highest BCUT2D eigenvalue weighted by molar-refractivity contribution is 6.23. The Morgan fingerprint density at radius 1 is 1.15 bits per heavy atom. The molecule has 0 fully saturated rings. The Hall–Kier alpha value is 0.500. The molecule has 2 atom stereocenters. The van der Waals surface area contributed by atoms with Gasteiger partial charge in [0.05, 0.1) is 5.38 Å². The van der Waals surface area contributed by atoms with Gasteiger partial charge in [0.15, 0.2) is 0 Å². The van der Waals surface area contributed by atoms with Crippen LogP contribution in [-0.2, 0) is 0 Å². The number of nitrogens with zero attached hydrogens (tertiary/aromatic N) is 2. The quantitative estimate of drug-likeness (QED) is 0.637. The molecule has 0 aliphatic rings. The summed E-state index contributed by atoms with van der Waals surface area (Å²) >= 11 is 12.1. The third kappa shape index (κ3) is 5.74. The maximum Gasteiger partial charge on any atom is 0.0515 e. The van der Waals surface area contributed by atoms with Gasteiger partial charge in [-0.25, -0.2) is 0 Å². The molecule has 0 aromatic carbocycles. The molecule has 0 spiro atoms. The molecule has 13 heavy (non-hydrogen) atoms. The highest BCUT2D eigenvalue weighted by atomic mass is 35.5. The smallest absolute Gasteiger partial charge is 0.0515 e. The second kappa shape index (κ2) is 6.88. The molecule has 0 aliphatic heterocycles. The second-order valence-electron chi connectivity index (χ2n) is 3.79. The molecule has 0 aromatic heterocycles. The fourth-order valence-corrected chi connectivity index (χ4v) is 2.13. The van der Waals surface area contributed by atoms with Gasteiger partial charge in [-0.2, -0.15) is 0 Å². The van der Waals surface area contributed by atoms with E-state index in [1.54, 1.807) is 0 Å². The lowest BCUT2D eigenvalue weighted by Crippen LogP contribution is -2.39. The van der Waals surface area contributed by atoms with E-state index in [4.69, 9.17) is 23.2 Å². The van der Waals surface area contributed by atoms with Crippen molar-refractivity contribution in [2.75, 3.05) is 40.6 Å². The van der Waals surface area contributed by atoms with Gasteiger partial charge >= 0.3 is 0 Å². The molecule has 2 nitrogen and oxygen atoms in total. The van der Waals surface area contributed by atoms with E-state index in [9.17, 15) is 0 Å². The van der Waals surface area contributed by atoms with Crippen molar-refractivity contribution < 1.29 is 0 Å². The van der Waals surface area contributed by atoms with Gasteiger partial charge in [-0.1, -0.05) is 0 Å². The Balaban J connectivity index is 3.84. The summed E-state index contributed by atoms with van der Waals surface area (Å²) in [6, 6.07) is 0.267. The standard InChI is InChI=1S/C9H20Cl2N2/c1-12(2)6-5-8(11)9(7-10)13(3)4/h8-9H,5-7H2,1-4H3. The first-order valence-corrected chi connectivity index (χ1v) is 5.47. The molecule has 0 heterocycles. The van der Waals surface area contributed by atoms with E-state index >= 15 is 0 Å². The summed E-state index contributed by atoms with van der Waals surface area (Å²) in [6.07, 6.45) is 0.976. The molecule has 80 valence electrons. The predicted molar refractivity (Wildman–Crippen MR) is 61.0 cm³/mol. The molecule has 0 bridgehead atoms. The van der Waals surface area contributed by atoms with E-state index in [0.717, 1.165) is 13.0 Å². The van der Waals surface area contributed by atoms with E-state index in [-0.39, 0.29) is 11.4 Å². The highest BCUT2D eigenvalue weighted by Crippen LogP contribution is 2.13. The van der Waals surface area contributed by atoms with Crippen LogP contribution in [0.15, 0.2) is 0 Å². The highest BCUT2D eigenvalue weighted by Gasteiger charge is 2.20. The first-order chi connectivity index (χ1) is 5.99. The topological polar surface area (TPSA) is 6.48 Å². The molecule has 0 rings (SSSR count). The van der Waals surface area contributed by atoms with E-state index < -0.39 is 0 Å². The lowest BCUT2D eigenvalue weighted by Gasteiger charge is -2.27. The van der Waals surface area contributed by atoms with Crippen molar-refractivity contribution >= 4 is 23.2 Å². The van der Waals surface area contributed by atoms with Crippen LogP contribution in [0.3, 0.4) is 0 Å². The zero-order valence-corrected chi connectivity index (χ0v) is 10.4. The van der Waals surface area contributed by atoms with Crippen LogP contribution in [0.25, 0.3) is 0 Å². The Morgan fingerprint density at radius 3 is 2.00 bits per heavy atom. The SMILES string of the molecule is CN(C)CCC(Cl)C(CCl)N(C)C. The number of hydrogen-bond acceptors (Lipinski definition) is 2. The Morgan fingerprint density at radius 2 is 1.69 bits per heavy atom. The molecular formula is C9H20Cl2N2. The summed E-state index contributed by atoms with van der Waals surface area (Å²) in [6.45, 7) is 1.01. The minimum absolute atomic E-state index is 0.134. The zero-order chi connectivity index (χ0) is 10.4. The summed E-state index contributed by atoms with van der Waals surface area (Å²) in [5.74, 6) is 0.592. The minimum atomic E-state index is 0.134. The molecule has 0 aromatic rings. The Kier molecular flexibility index (Phi) is 7.15. The zero-order valence-electron chi connectivity index (χ0n) is 8.93. The van der Waals surface area contributed by atoms with Crippen molar-refractivity contribution in [3.63, 3.8) is 0 Å². The van der Waals surface area contributed by atoms with Gasteiger partial charge < -0.3 is 9.80 Å². The average Bonchev–Trinajstić information content (AvgIpc) is 2.01. The van der Waals surface area contributed by atoms with Gasteiger partial charge in [-0.05, 0) is 41.2 Å². The normalized spacial score (nSPS) is 16.6. The predicted octanol–water partition coefficient (Wildman–Crippen LogP) is 1.71. The molecule has 0 aliphatic carbocycles. The first kappa shape index (κ1) is 13.5. The van der Waals surface area contributed by atoms with Crippen LogP contribution in [-0.4, -0.2) is 61.8 Å². The molecule has 0 radical (unpaired) electrons. The van der Waals surface area contributed by atoms with Gasteiger partial charge in [0.2, 0.25) is 0 Å². The third-order valence-electron chi connectivity index (χ3n) is 2.09. The summed E-state index contributed by atoms with van der Waals surface area (Å²) < 4.78 is 0. The first-order valence-electron chi connectivity index (χ1n) is 4.50. The summed E-state index contributed by atoms with van der Waals surface area (Å²) in [7, 11) is 8.13. The fourth-order valence-electron chi connectivity index (χ4n) is 1.13. The van der Waals surface area contributed by atoms with Crippen molar-refractivity contribution in [1.29, 1.82) is 0 Å². The van der Waals surface area contributed by atoms with Crippen LogP contribution < -0.4 is 0 Å². The number of rotatable bonds is 6. The van der Waals surface area contributed by atoms with Crippen molar-refractivity contribution in [3.8, 4) is 0 Å². The number of alkyl halides is 2. The second-order valence-corrected chi connectivity index (χ2v) is 4.66. The van der Waals surface area contributed by atoms with Crippen molar-refractivity contribution in [3.05, 3.63) is 0 Å². The van der Waals surface area contributed by atoms with E-state index in [1.807, 2.05) is 14.1 Å². The van der Waals surface area contributed by atoms with Crippen LogP contribution in [0, 0.1) is 0 Å². The van der Waals surface area contributed by atoms with Gasteiger partial charge in [-0.3, -0.25) is 0 Å². The maximum atomic E-state index is 6.23. The van der Waals surface area contributed by atoms with E-state index in [0.29, 0.717) is 5.88 Å². The largest absolute Gasteiger partial charge is 0.309 e. The van der Waals surface area contributed by atoms with Gasteiger partial charge in [-0.15, -0.1) is 23.2 Å². The van der Waals surface area contributed by atoms with Crippen LogP contribution >= 0.6 is 23.2 Å². The Bertz CT molecular complexity index is 129. The van der Waals surface area contributed by atoms with Crippen molar-refractivity contribution in [2.24, 2.45) is 0 Å². The molecule has 2 unspecified atom stereocenters. The molecule has 0 N–H and O–H groups in total. The van der Waals surface area contributed by atoms with Crippen molar-refractivity contribution in [2.45, 2.75) is 17.8 Å². The molecule has 0 saturated carbocycles. The number of hydrogen-bond donors (Lipinski definition) is 0. The van der Waals surface area contributed by atoms with Gasteiger partial charge in [0, 0.05) is 11.9 Å². The van der Waals surface area contributed by atoms with Crippen LogP contribution in [0.5, 0.6) is 0 Å². The third-order valence-corrected chi connectivity index (χ3v) is 2.92. The van der Waals surface area contributed by atoms with Gasteiger partial charge in [0.1, 0.15) is 0 Å². The van der Waals surface area contributed by atoms with Crippen LogP contribution in [0.1, 0.15) is 6.42 Å². The molecule has 4 heteroatoms. The van der Waals surface area contributed by atoms with E-state index in [1.165, 1.54) is 0 Å². The lowest BCUT2D eigenvalue weighted by molar-refractivity contribution is 0.287. The average molecular weight is 227 g/mol. The number of halogens is 2. The fraction of sp³-hybridized carbons (Fsp3) is 1.00. The summed E-state index contributed by atoms with van der Waals surface area (Å²) in [5, 5.41) is 0.134. The minimum Gasteiger partial charge on any atom is -0.309 e. The summed E-state index contributed by atoms with van der Waals surface area (Å²) in [4.78, 5) is 4.22. The molecule has 0 saturated heterocycles. The van der Waals surface area contributed by atoms with Crippen LogP contribution in [0.2, 0.25) is 0 Å². The maximum absolute atomic E-state index is 6.23. The van der Waals surface area contributed by atoms with Crippen molar-refractivity contribution in [1.82, 2.24) is 9.80 Å². The Labute approximate surface area is 91.8 Å². The molecule has 0 amide bonds. The van der Waals surface area contributed by atoms with Gasteiger partial charge in [0.25, 0.3) is 0 Å². The lowest BCUT2D eigenvalue weighted by atomic mass is 10.1.